The van der Waals surface area contributed by atoms with Crippen molar-refractivity contribution < 1.29 is 13.2 Å². The number of sulfonamides is 1. The van der Waals surface area contributed by atoms with Crippen molar-refractivity contribution in [3.05, 3.63) is 28.7 Å². The van der Waals surface area contributed by atoms with Gasteiger partial charge < -0.3 is 5.32 Å². The molecule has 0 radical (unpaired) electrons. The van der Waals surface area contributed by atoms with Gasteiger partial charge in [0.05, 0.1) is 12.8 Å². The number of carbonyl (C=O) groups is 1. The van der Waals surface area contributed by atoms with Crippen LogP contribution in [-0.4, -0.2) is 38.0 Å². The van der Waals surface area contributed by atoms with Gasteiger partial charge in [-0.2, -0.15) is 4.31 Å². The zero-order valence-corrected chi connectivity index (χ0v) is 14.7. The van der Waals surface area contributed by atoms with Crippen molar-refractivity contribution in [1.82, 2.24) is 4.31 Å². The number of amides is 1. The van der Waals surface area contributed by atoms with Crippen LogP contribution in [0.25, 0.3) is 0 Å². The molecule has 118 valence electrons. The van der Waals surface area contributed by atoms with Crippen molar-refractivity contribution in [2.75, 3.05) is 24.7 Å². The first-order valence-corrected chi connectivity index (χ1v) is 9.47. The van der Waals surface area contributed by atoms with Gasteiger partial charge in [0.25, 0.3) is 0 Å². The van der Waals surface area contributed by atoms with Gasteiger partial charge >= 0.3 is 0 Å². The molecule has 1 amide bonds. The molecular formula is C14H21BrN2O3S. The molecule has 0 aliphatic rings. The molecule has 0 unspecified atom stereocenters. The van der Waals surface area contributed by atoms with Crippen LogP contribution in [0.15, 0.2) is 28.7 Å². The number of nitrogens with zero attached hydrogens (tertiary/aromatic N) is 1. The summed E-state index contributed by atoms with van der Waals surface area (Å²) in [4.78, 5) is 12.0. The Morgan fingerprint density at radius 2 is 1.86 bits per heavy atom. The van der Waals surface area contributed by atoms with Gasteiger partial charge in [0.2, 0.25) is 15.9 Å². The highest BCUT2D eigenvalue weighted by Gasteiger charge is 2.19. The van der Waals surface area contributed by atoms with Gasteiger partial charge in [0, 0.05) is 16.7 Å². The first-order chi connectivity index (χ1) is 9.82. The van der Waals surface area contributed by atoms with Gasteiger partial charge in [-0.1, -0.05) is 35.7 Å². The van der Waals surface area contributed by atoms with Crippen molar-refractivity contribution in [3.8, 4) is 0 Å². The molecule has 5 nitrogen and oxygen atoms in total. The molecule has 7 heteroatoms. The van der Waals surface area contributed by atoms with Crippen molar-refractivity contribution in [2.45, 2.75) is 26.2 Å². The third-order valence-corrected chi connectivity index (χ3v) is 4.71. The standard InChI is InChI=1S/C14H21BrN2O3S/c1-3-4-5-10-17(21(2,19)20)11-14(18)16-13-8-6-12(15)7-9-13/h6-9H,3-5,10-11H2,1-2H3,(H,16,18). The van der Waals surface area contributed by atoms with Crippen LogP contribution in [0.1, 0.15) is 26.2 Å². The van der Waals surface area contributed by atoms with Crippen LogP contribution in [0, 0.1) is 0 Å². The first-order valence-electron chi connectivity index (χ1n) is 6.83. The van der Waals surface area contributed by atoms with E-state index in [0.717, 1.165) is 30.0 Å². The molecule has 1 aromatic rings. The molecule has 0 atom stereocenters. The molecule has 0 bridgehead atoms. The van der Waals surface area contributed by atoms with Gasteiger partial charge in [0.1, 0.15) is 0 Å². The van der Waals surface area contributed by atoms with E-state index in [-0.39, 0.29) is 12.5 Å². The quantitative estimate of drug-likeness (QED) is 0.709. The summed E-state index contributed by atoms with van der Waals surface area (Å²) >= 11 is 3.31. The maximum atomic E-state index is 12.0. The number of nitrogens with one attached hydrogen (secondary N) is 1. The molecule has 0 saturated carbocycles. The van der Waals surface area contributed by atoms with Crippen molar-refractivity contribution >= 4 is 37.5 Å². The number of hydrogen-bond donors (Lipinski definition) is 1. The third kappa shape index (κ3) is 7.06. The van der Waals surface area contributed by atoms with Crippen molar-refractivity contribution in [2.24, 2.45) is 0 Å². The van der Waals surface area contributed by atoms with Crippen molar-refractivity contribution in [3.63, 3.8) is 0 Å². The van der Waals surface area contributed by atoms with Crippen LogP contribution >= 0.6 is 15.9 Å². The Morgan fingerprint density at radius 1 is 1.24 bits per heavy atom. The molecule has 0 heterocycles. The molecule has 0 aliphatic carbocycles. The Morgan fingerprint density at radius 3 is 2.38 bits per heavy atom. The molecule has 21 heavy (non-hydrogen) atoms. The lowest BCUT2D eigenvalue weighted by Gasteiger charge is -2.19. The summed E-state index contributed by atoms with van der Waals surface area (Å²) < 4.78 is 25.5. The molecule has 1 aromatic carbocycles. The maximum Gasteiger partial charge on any atom is 0.239 e. The number of unbranched alkanes of at least 4 members (excludes halogenated alkanes) is 2. The van der Waals surface area contributed by atoms with E-state index in [4.69, 9.17) is 0 Å². The zero-order valence-electron chi connectivity index (χ0n) is 12.3. The second-order valence-electron chi connectivity index (χ2n) is 4.86. The largest absolute Gasteiger partial charge is 0.325 e. The van der Waals surface area contributed by atoms with E-state index in [0.29, 0.717) is 12.2 Å². The van der Waals surface area contributed by atoms with Gasteiger partial charge in [-0.3, -0.25) is 4.79 Å². The van der Waals surface area contributed by atoms with Crippen LogP contribution < -0.4 is 5.32 Å². The Hall–Kier alpha value is -0.920. The van der Waals surface area contributed by atoms with E-state index in [1.807, 2.05) is 19.1 Å². The molecular weight excluding hydrogens is 356 g/mol. The molecule has 1 N–H and O–H groups in total. The van der Waals surface area contributed by atoms with Crippen LogP contribution in [0.3, 0.4) is 0 Å². The van der Waals surface area contributed by atoms with E-state index in [2.05, 4.69) is 21.2 Å². The Kier molecular flexibility index (Phi) is 7.34. The number of anilines is 1. The minimum Gasteiger partial charge on any atom is -0.325 e. The number of hydrogen-bond acceptors (Lipinski definition) is 3. The lowest BCUT2D eigenvalue weighted by molar-refractivity contribution is -0.116. The summed E-state index contributed by atoms with van der Waals surface area (Å²) in [6.45, 7) is 2.27. The van der Waals surface area contributed by atoms with Crippen LogP contribution in [0.4, 0.5) is 5.69 Å². The van der Waals surface area contributed by atoms with Crippen LogP contribution in [0.2, 0.25) is 0 Å². The number of benzene rings is 1. The monoisotopic (exact) mass is 376 g/mol. The summed E-state index contributed by atoms with van der Waals surface area (Å²) in [5.41, 5.74) is 0.644. The molecule has 0 aromatic heterocycles. The summed E-state index contributed by atoms with van der Waals surface area (Å²) in [6, 6.07) is 7.13. The number of halogens is 1. The minimum absolute atomic E-state index is 0.154. The summed E-state index contributed by atoms with van der Waals surface area (Å²) in [5, 5.41) is 2.70. The van der Waals surface area contributed by atoms with Gasteiger partial charge in [-0.25, -0.2) is 8.42 Å². The molecule has 0 fully saturated rings. The van der Waals surface area contributed by atoms with Crippen LogP contribution in [0.5, 0.6) is 0 Å². The zero-order chi connectivity index (χ0) is 15.9. The predicted molar refractivity (Wildman–Crippen MR) is 88.7 cm³/mol. The maximum absolute atomic E-state index is 12.0. The van der Waals surface area contributed by atoms with E-state index >= 15 is 0 Å². The average Bonchev–Trinajstić information content (AvgIpc) is 2.39. The van der Waals surface area contributed by atoms with Gasteiger partial charge in [-0.15, -0.1) is 0 Å². The molecule has 1 rings (SSSR count). The van der Waals surface area contributed by atoms with Crippen molar-refractivity contribution in [1.29, 1.82) is 0 Å². The highest BCUT2D eigenvalue weighted by Crippen LogP contribution is 2.14. The first kappa shape index (κ1) is 18.1. The fraction of sp³-hybridized carbons (Fsp3) is 0.500. The van der Waals surface area contributed by atoms with Gasteiger partial charge in [-0.05, 0) is 30.7 Å². The number of rotatable bonds is 8. The molecule has 0 aliphatic heterocycles. The lowest BCUT2D eigenvalue weighted by Crippen LogP contribution is -2.38. The molecule has 0 saturated heterocycles. The Balaban J connectivity index is 2.61. The highest BCUT2D eigenvalue weighted by atomic mass is 79.9. The normalized spacial score (nSPS) is 11.6. The fourth-order valence-corrected chi connectivity index (χ4v) is 2.87. The predicted octanol–water partition coefficient (Wildman–Crippen LogP) is 2.84. The Labute approximate surface area is 134 Å². The minimum atomic E-state index is -3.37. The van der Waals surface area contributed by atoms with Crippen LogP contribution in [-0.2, 0) is 14.8 Å². The van der Waals surface area contributed by atoms with E-state index < -0.39 is 10.0 Å². The summed E-state index contributed by atoms with van der Waals surface area (Å²) in [6.07, 6.45) is 3.84. The highest BCUT2D eigenvalue weighted by molar-refractivity contribution is 9.10. The van der Waals surface area contributed by atoms with Gasteiger partial charge in [0.15, 0.2) is 0 Å². The third-order valence-electron chi connectivity index (χ3n) is 2.93. The molecule has 0 spiro atoms. The summed E-state index contributed by atoms with van der Waals surface area (Å²) in [5.74, 6) is -0.334. The van der Waals surface area contributed by atoms with E-state index in [1.165, 1.54) is 4.31 Å². The summed E-state index contributed by atoms with van der Waals surface area (Å²) in [7, 11) is -3.37. The average molecular weight is 377 g/mol. The SMILES string of the molecule is CCCCCN(CC(=O)Nc1ccc(Br)cc1)S(C)(=O)=O. The topological polar surface area (TPSA) is 66.5 Å². The number of carbonyl (C=O) groups excluding carboxylic acids is 1. The second kappa shape index (κ2) is 8.51. The second-order valence-corrected chi connectivity index (χ2v) is 7.76. The lowest BCUT2D eigenvalue weighted by atomic mass is 10.2. The fourth-order valence-electron chi connectivity index (χ4n) is 1.79. The van der Waals surface area contributed by atoms with E-state index in [1.54, 1.807) is 12.1 Å². The Bertz CT molecular complexity index is 558. The van der Waals surface area contributed by atoms with E-state index in [9.17, 15) is 13.2 Å². The smallest absolute Gasteiger partial charge is 0.239 e.